The molecule has 124 valence electrons. The number of nitrogens with zero attached hydrogens (tertiary/aromatic N) is 4. The van der Waals surface area contributed by atoms with E-state index in [4.69, 9.17) is 16.2 Å². The Morgan fingerprint density at radius 3 is 2.44 bits per heavy atom. The molecule has 0 saturated carbocycles. The summed E-state index contributed by atoms with van der Waals surface area (Å²) in [6.45, 7) is 1.84. The Labute approximate surface area is 145 Å². The number of pyridine rings is 2. The van der Waals surface area contributed by atoms with Gasteiger partial charge in [-0.05, 0) is 25.1 Å². The minimum atomic E-state index is 0.183. The first-order valence-corrected chi connectivity index (χ1v) is 7.45. The number of anilines is 2. The Hall–Kier alpha value is -3.66. The molecule has 0 bridgehead atoms. The first-order valence-electron chi connectivity index (χ1n) is 7.45. The number of aryl methyl sites for hydroxylation is 1. The lowest BCUT2D eigenvalue weighted by Gasteiger charge is -2.08. The molecule has 0 unspecified atom stereocenters. The summed E-state index contributed by atoms with van der Waals surface area (Å²) in [5.41, 5.74) is 14.9. The molecule has 0 saturated heterocycles. The molecule has 7 heteroatoms. The van der Waals surface area contributed by atoms with E-state index in [-0.39, 0.29) is 5.95 Å². The van der Waals surface area contributed by atoms with Crippen molar-refractivity contribution in [2.24, 2.45) is 0 Å². The molecule has 25 heavy (non-hydrogen) atoms. The maximum absolute atomic E-state index is 5.81. The standard InChI is InChI=1S/C18H16N6O/c1-11-14(6-3-12-4-7-15(19)21-9-12)17(24-18(20)23-11)13-5-8-16(25-2)22-10-13/h4-5,7-10H,1-2H3,(H2,19,21)(H2,20,23,24). The van der Waals surface area contributed by atoms with E-state index in [1.54, 1.807) is 37.7 Å². The summed E-state index contributed by atoms with van der Waals surface area (Å²) in [5, 5.41) is 0. The Bertz CT molecular complexity index is 956. The van der Waals surface area contributed by atoms with E-state index in [1.165, 1.54) is 0 Å². The van der Waals surface area contributed by atoms with Crippen molar-refractivity contribution in [2.45, 2.75) is 6.92 Å². The maximum atomic E-state index is 5.81. The van der Waals surface area contributed by atoms with Crippen LogP contribution in [0.4, 0.5) is 11.8 Å². The van der Waals surface area contributed by atoms with Crippen LogP contribution in [0.15, 0.2) is 36.7 Å². The normalized spacial score (nSPS) is 10.0. The molecule has 0 aromatic carbocycles. The smallest absolute Gasteiger partial charge is 0.220 e. The van der Waals surface area contributed by atoms with Crippen LogP contribution in [-0.4, -0.2) is 27.0 Å². The topological polar surface area (TPSA) is 113 Å². The van der Waals surface area contributed by atoms with Gasteiger partial charge in [0.25, 0.3) is 0 Å². The van der Waals surface area contributed by atoms with Crippen LogP contribution in [0.25, 0.3) is 11.3 Å². The van der Waals surface area contributed by atoms with Gasteiger partial charge in [0, 0.05) is 29.6 Å². The first kappa shape index (κ1) is 16.2. The number of hydrogen-bond acceptors (Lipinski definition) is 7. The van der Waals surface area contributed by atoms with Gasteiger partial charge in [-0.1, -0.05) is 11.8 Å². The van der Waals surface area contributed by atoms with Crippen molar-refractivity contribution < 1.29 is 4.74 Å². The van der Waals surface area contributed by atoms with Gasteiger partial charge in [0.1, 0.15) is 5.82 Å². The average molecular weight is 332 g/mol. The molecular weight excluding hydrogens is 316 g/mol. The molecule has 4 N–H and O–H groups in total. The van der Waals surface area contributed by atoms with Crippen molar-refractivity contribution in [3.05, 3.63) is 53.5 Å². The van der Waals surface area contributed by atoms with Gasteiger partial charge in [0.2, 0.25) is 11.8 Å². The zero-order chi connectivity index (χ0) is 17.8. The Kier molecular flexibility index (Phi) is 4.44. The minimum Gasteiger partial charge on any atom is -0.481 e. The van der Waals surface area contributed by atoms with Crippen LogP contribution in [0, 0.1) is 18.8 Å². The Balaban J connectivity index is 2.08. The van der Waals surface area contributed by atoms with Crippen LogP contribution in [-0.2, 0) is 0 Å². The van der Waals surface area contributed by atoms with Gasteiger partial charge in [-0.3, -0.25) is 0 Å². The van der Waals surface area contributed by atoms with E-state index in [0.29, 0.717) is 28.6 Å². The molecule has 0 amide bonds. The lowest BCUT2D eigenvalue weighted by Crippen LogP contribution is -2.03. The summed E-state index contributed by atoms with van der Waals surface area (Å²) >= 11 is 0. The Morgan fingerprint density at radius 1 is 0.960 bits per heavy atom. The van der Waals surface area contributed by atoms with E-state index in [1.807, 2.05) is 13.0 Å². The molecule has 7 nitrogen and oxygen atoms in total. The van der Waals surface area contributed by atoms with Gasteiger partial charge in [0.15, 0.2) is 0 Å². The Morgan fingerprint density at radius 2 is 1.80 bits per heavy atom. The second kappa shape index (κ2) is 6.84. The highest BCUT2D eigenvalue weighted by atomic mass is 16.5. The zero-order valence-corrected chi connectivity index (χ0v) is 13.8. The fourth-order valence-corrected chi connectivity index (χ4v) is 2.21. The third kappa shape index (κ3) is 3.64. The molecule has 3 heterocycles. The lowest BCUT2D eigenvalue weighted by atomic mass is 10.1. The monoisotopic (exact) mass is 332 g/mol. The number of nitrogens with two attached hydrogens (primary N) is 2. The van der Waals surface area contributed by atoms with Crippen LogP contribution >= 0.6 is 0 Å². The van der Waals surface area contributed by atoms with Crippen molar-refractivity contribution >= 4 is 11.8 Å². The molecular formula is C18H16N6O. The third-order valence-corrected chi connectivity index (χ3v) is 3.44. The lowest BCUT2D eigenvalue weighted by molar-refractivity contribution is 0.398. The van der Waals surface area contributed by atoms with E-state index in [9.17, 15) is 0 Å². The highest BCUT2D eigenvalue weighted by molar-refractivity contribution is 5.69. The molecule has 3 aromatic heterocycles. The molecule has 0 aliphatic carbocycles. The van der Waals surface area contributed by atoms with Gasteiger partial charge < -0.3 is 16.2 Å². The van der Waals surface area contributed by atoms with E-state index < -0.39 is 0 Å². The summed E-state index contributed by atoms with van der Waals surface area (Å²) in [5.74, 6) is 7.30. The van der Waals surface area contributed by atoms with Crippen LogP contribution in [0.2, 0.25) is 0 Å². The van der Waals surface area contributed by atoms with Gasteiger partial charge in [-0.15, -0.1) is 0 Å². The maximum Gasteiger partial charge on any atom is 0.220 e. The van der Waals surface area contributed by atoms with E-state index >= 15 is 0 Å². The predicted octanol–water partition coefficient (Wildman–Crippen LogP) is 1.81. The SMILES string of the molecule is COc1ccc(-c2nc(N)nc(C)c2C#Cc2ccc(N)nc2)cn1. The molecule has 0 radical (unpaired) electrons. The summed E-state index contributed by atoms with van der Waals surface area (Å²) in [7, 11) is 1.56. The largest absolute Gasteiger partial charge is 0.481 e. The summed E-state index contributed by atoms with van der Waals surface area (Å²) in [4.78, 5) is 16.8. The first-order chi connectivity index (χ1) is 12.1. The molecule has 0 spiro atoms. The van der Waals surface area contributed by atoms with Crippen LogP contribution in [0.3, 0.4) is 0 Å². The summed E-state index contributed by atoms with van der Waals surface area (Å²) in [6, 6.07) is 7.11. The minimum absolute atomic E-state index is 0.183. The van der Waals surface area contributed by atoms with E-state index in [2.05, 4.69) is 31.8 Å². The summed E-state index contributed by atoms with van der Waals surface area (Å²) in [6.07, 6.45) is 3.28. The molecule has 3 rings (SSSR count). The quantitative estimate of drug-likeness (QED) is 0.688. The highest BCUT2D eigenvalue weighted by Crippen LogP contribution is 2.24. The van der Waals surface area contributed by atoms with E-state index in [0.717, 1.165) is 11.1 Å². The summed E-state index contributed by atoms with van der Waals surface area (Å²) < 4.78 is 5.08. The highest BCUT2D eigenvalue weighted by Gasteiger charge is 2.12. The van der Waals surface area contributed by atoms with Crippen molar-refractivity contribution in [1.82, 2.24) is 19.9 Å². The second-order valence-electron chi connectivity index (χ2n) is 5.20. The number of nitrogen functional groups attached to an aromatic ring is 2. The number of ether oxygens (including phenoxy) is 1. The third-order valence-electron chi connectivity index (χ3n) is 3.44. The number of methoxy groups -OCH3 is 1. The molecule has 3 aromatic rings. The molecule has 0 aliphatic rings. The van der Waals surface area contributed by atoms with Gasteiger partial charge in [-0.25, -0.2) is 19.9 Å². The van der Waals surface area contributed by atoms with Crippen LogP contribution in [0.5, 0.6) is 5.88 Å². The van der Waals surface area contributed by atoms with Gasteiger partial charge in [0.05, 0.1) is 24.1 Å². The van der Waals surface area contributed by atoms with Crippen molar-refractivity contribution in [3.63, 3.8) is 0 Å². The second-order valence-corrected chi connectivity index (χ2v) is 5.20. The van der Waals surface area contributed by atoms with Gasteiger partial charge in [-0.2, -0.15) is 0 Å². The van der Waals surface area contributed by atoms with Crippen molar-refractivity contribution in [2.75, 3.05) is 18.6 Å². The zero-order valence-electron chi connectivity index (χ0n) is 13.8. The molecule has 0 aliphatic heterocycles. The van der Waals surface area contributed by atoms with Gasteiger partial charge >= 0.3 is 0 Å². The average Bonchev–Trinajstić information content (AvgIpc) is 2.62. The fraction of sp³-hybridized carbons (Fsp3) is 0.111. The number of aromatic nitrogens is 4. The number of rotatable bonds is 2. The van der Waals surface area contributed by atoms with Crippen molar-refractivity contribution in [1.29, 1.82) is 0 Å². The fourth-order valence-electron chi connectivity index (χ4n) is 2.21. The number of hydrogen-bond donors (Lipinski definition) is 2. The predicted molar refractivity (Wildman–Crippen MR) is 95.6 cm³/mol. The molecule has 0 atom stereocenters. The molecule has 0 fully saturated rings. The van der Waals surface area contributed by atoms with Crippen LogP contribution < -0.4 is 16.2 Å². The van der Waals surface area contributed by atoms with Crippen LogP contribution in [0.1, 0.15) is 16.8 Å². The van der Waals surface area contributed by atoms with Crippen molar-refractivity contribution in [3.8, 4) is 29.0 Å².